The number of nitrogens with zero attached hydrogens (tertiary/aromatic N) is 3. The minimum absolute atomic E-state index is 0.194. The molecule has 118 valence electrons. The number of pyridine rings is 1. The molecule has 0 radical (unpaired) electrons. The number of carbonyl (C=O) groups is 1. The van der Waals surface area contributed by atoms with E-state index in [-0.39, 0.29) is 11.5 Å². The highest BCUT2D eigenvalue weighted by Crippen LogP contribution is 2.30. The van der Waals surface area contributed by atoms with Crippen molar-refractivity contribution in [2.24, 2.45) is 4.99 Å². The first-order valence-electron chi connectivity index (χ1n) is 6.75. The second-order valence-corrected chi connectivity index (χ2v) is 5.57. The molecule has 0 aliphatic carbocycles. The molecule has 1 N–H and O–H groups in total. The van der Waals surface area contributed by atoms with E-state index in [4.69, 9.17) is 23.2 Å². The van der Waals surface area contributed by atoms with E-state index in [1.54, 1.807) is 18.2 Å². The molecule has 2 heterocycles. The number of hydrogen-bond donors (Lipinski definition) is 1. The normalized spacial score (nSPS) is 13.9. The van der Waals surface area contributed by atoms with E-state index in [0.717, 1.165) is 6.07 Å². The SMILES string of the molecule is O=C(c1ccnc(F)c1)N1CCN=C1Nc1c(Cl)cccc1Cl. The van der Waals surface area contributed by atoms with E-state index in [2.05, 4.69) is 15.3 Å². The number of para-hydroxylation sites is 1. The highest BCUT2D eigenvalue weighted by molar-refractivity contribution is 6.40. The van der Waals surface area contributed by atoms with Crippen LogP contribution >= 0.6 is 23.2 Å². The van der Waals surface area contributed by atoms with Gasteiger partial charge in [-0.3, -0.25) is 14.7 Å². The highest BCUT2D eigenvalue weighted by Gasteiger charge is 2.26. The maximum absolute atomic E-state index is 13.2. The summed E-state index contributed by atoms with van der Waals surface area (Å²) < 4.78 is 13.2. The van der Waals surface area contributed by atoms with Gasteiger partial charge in [0.15, 0.2) is 0 Å². The Kier molecular flexibility index (Phi) is 4.45. The molecule has 1 aromatic heterocycles. The van der Waals surface area contributed by atoms with Gasteiger partial charge < -0.3 is 5.32 Å². The molecule has 1 amide bonds. The van der Waals surface area contributed by atoms with Gasteiger partial charge in [-0.25, -0.2) is 4.98 Å². The average Bonchev–Trinajstić information content (AvgIpc) is 2.98. The molecule has 1 aliphatic heterocycles. The molecule has 1 aliphatic rings. The summed E-state index contributed by atoms with van der Waals surface area (Å²) >= 11 is 12.2. The Morgan fingerprint density at radius 2 is 2.00 bits per heavy atom. The number of carbonyl (C=O) groups excluding carboxylic acids is 1. The van der Waals surface area contributed by atoms with Crippen molar-refractivity contribution in [3.05, 3.63) is 58.1 Å². The minimum Gasteiger partial charge on any atom is -0.323 e. The van der Waals surface area contributed by atoms with Crippen LogP contribution in [-0.2, 0) is 0 Å². The Hall–Kier alpha value is -2.18. The molecule has 0 spiro atoms. The van der Waals surface area contributed by atoms with Crippen LogP contribution in [0.1, 0.15) is 10.4 Å². The molecule has 2 aromatic rings. The van der Waals surface area contributed by atoms with Crippen LogP contribution < -0.4 is 5.32 Å². The summed E-state index contributed by atoms with van der Waals surface area (Å²) in [7, 11) is 0. The maximum atomic E-state index is 13.2. The van der Waals surface area contributed by atoms with Gasteiger partial charge in [-0.15, -0.1) is 0 Å². The number of anilines is 1. The van der Waals surface area contributed by atoms with Crippen LogP contribution in [0.5, 0.6) is 0 Å². The number of guanidine groups is 1. The third-order valence-electron chi connectivity index (χ3n) is 3.26. The third kappa shape index (κ3) is 3.28. The first-order valence-corrected chi connectivity index (χ1v) is 7.51. The van der Waals surface area contributed by atoms with Crippen molar-refractivity contribution in [1.82, 2.24) is 9.88 Å². The predicted molar refractivity (Wildman–Crippen MR) is 87.6 cm³/mol. The molecule has 1 aromatic carbocycles. The van der Waals surface area contributed by atoms with Gasteiger partial charge in [-0.1, -0.05) is 29.3 Å². The second-order valence-electron chi connectivity index (χ2n) is 4.75. The van der Waals surface area contributed by atoms with Gasteiger partial charge in [0.2, 0.25) is 11.9 Å². The summed E-state index contributed by atoms with van der Waals surface area (Å²) in [5, 5.41) is 3.80. The number of aromatic nitrogens is 1. The van der Waals surface area contributed by atoms with Gasteiger partial charge in [0.1, 0.15) is 0 Å². The van der Waals surface area contributed by atoms with Crippen LogP contribution in [0.15, 0.2) is 41.5 Å². The summed E-state index contributed by atoms with van der Waals surface area (Å²) in [6.45, 7) is 0.816. The zero-order chi connectivity index (χ0) is 16.4. The number of rotatable bonds is 2. The maximum Gasteiger partial charge on any atom is 0.260 e. The lowest BCUT2D eigenvalue weighted by Crippen LogP contribution is -2.38. The highest BCUT2D eigenvalue weighted by atomic mass is 35.5. The van der Waals surface area contributed by atoms with Crippen molar-refractivity contribution in [2.75, 3.05) is 18.4 Å². The largest absolute Gasteiger partial charge is 0.323 e. The molecule has 3 rings (SSSR count). The molecule has 0 atom stereocenters. The zero-order valence-electron chi connectivity index (χ0n) is 11.8. The zero-order valence-corrected chi connectivity index (χ0v) is 13.3. The van der Waals surface area contributed by atoms with Crippen molar-refractivity contribution in [1.29, 1.82) is 0 Å². The number of aliphatic imine (C=N–C) groups is 1. The van der Waals surface area contributed by atoms with Crippen LogP contribution in [0.2, 0.25) is 10.0 Å². The van der Waals surface area contributed by atoms with Gasteiger partial charge >= 0.3 is 0 Å². The number of benzene rings is 1. The van der Waals surface area contributed by atoms with Gasteiger partial charge in [0.25, 0.3) is 5.91 Å². The predicted octanol–water partition coefficient (Wildman–Crippen LogP) is 3.45. The molecule has 0 fully saturated rings. The summed E-state index contributed by atoms with van der Waals surface area (Å²) in [4.78, 5) is 21.6. The molecule has 23 heavy (non-hydrogen) atoms. The minimum atomic E-state index is -0.712. The van der Waals surface area contributed by atoms with Crippen molar-refractivity contribution in [3.8, 4) is 0 Å². The smallest absolute Gasteiger partial charge is 0.260 e. The topological polar surface area (TPSA) is 57.6 Å². The lowest BCUT2D eigenvalue weighted by molar-refractivity contribution is 0.0857. The van der Waals surface area contributed by atoms with Gasteiger partial charge in [0.05, 0.1) is 22.3 Å². The van der Waals surface area contributed by atoms with E-state index < -0.39 is 5.95 Å². The van der Waals surface area contributed by atoms with Crippen LogP contribution in [0.25, 0.3) is 0 Å². The average molecular weight is 353 g/mol. The third-order valence-corrected chi connectivity index (χ3v) is 3.89. The summed E-state index contributed by atoms with van der Waals surface area (Å²) in [6, 6.07) is 7.60. The van der Waals surface area contributed by atoms with Crippen LogP contribution in [-0.4, -0.2) is 34.8 Å². The molecule has 5 nitrogen and oxygen atoms in total. The van der Waals surface area contributed by atoms with Gasteiger partial charge in [-0.05, 0) is 18.2 Å². The summed E-state index contributed by atoms with van der Waals surface area (Å²) in [5.41, 5.74) is 0.661. The molecule has 0 saturated carbocycles. The van der Waals surface area contributed by atoms with Crippen molar-refractivity contribution in [3.63, 3.8) is 0 Å². The van der Waals surface area contributed by atoms with Crippen molar-refractivity contribution in [2.45, 2.75) is 0 Å². The Labute approximate surface area is 141 Å². The first kappa shape index (κ1) is 15.7. The van der Waals surface area contributed by atoms with Crippen molar-refractivity contribution < 1.29 is 9.18 Å². The number of amides is 1. The molecule has 0 unspecified atom stereocenters. The van der Waals surface area contributed by atoms with E-state index in [1.807, 2.05) is 0 Å². The fourth-order valence-electron chi connectivity index (χ4n) is 2.17. The monoisotopic (exact) mass is 352 g/mol. The van der Waals surface area contributed by atoms with Crippen LogP contribution in [0.3, 0.4) is 0 Å². The molecule has 0 bridgehead atoms. The van der Waals surface area contributed by atoms with Gasteiger partial charge in [-0.2, -0.15) is 4.39 Å². The Morgan fingerprint density at radius 1 is 1.26 bits per heavy atom. The van der Waals surface area contributed by atoms with Crippen LogP contribution in [0.4, 0.5) is 10.1 Å². The summed E-state index contributed by atoms with van der Waals surface area (Å²) in [6.07, 6.45) is 1.24. The van der Waals surface area contributed by atoms with Gasteiger partial charge in [0, 0.05) is 24.4 Å². The number of hydrogen-bond acceptors (Lipinski definition) is 4. The molecule has 8 heteroatoms. The molecular weight excluding hydrogens is 342 g/mol. The quantitative estimate of drug-likeness (QED) is 0.842. The standard InChI is InChI=1S/C15H11Cl2FN4O/c16-10-2-1-3-11(17)13(10)21-15-20-6-7-22(15)14(23)9-4-5-19-12(18)8-9/h1-5,8H,6-7H2,(H,20,21). The van der Waals surface area contributed by atoms with E-state index >= 15 is 0 Å². The lowest BCUT2D eigenvalue weighted by Gasteiger charge is -2.20. The Bertz CT molecular complexity index is 777. The van der Waals surface area contributed by atoms with Crippen LogP contribution in [0, 0.1) is 5.95 Å². The number of nitrogens with one attached hydrogen (secondary N) is 1. The Balaban J connectivity index is 1.85. The molecule has 0 saturated heterocycles. The molecular formula is C15H11Cl2FN4O. The van der Waals surface area contributed by atoms with Crippen molar-refractivity contribution >= 4 is 40.8 Å². The second kappa shape index (κ2) is 6.52. The summed E-state index contributed by atoms with van der Waals surface area (Å²) in [5.74, 6) is -0.768. The van der Waals surface area contributed by atoms with E-state index in [1.165, 1.54) is 17.2 Å². The van der Waals surface area contributed by atoms with E-state index in [9.17, 15) is 9.18 Å². The fourth-order valence-corrected chi connectivity index (χ4v) is 2.66. The van der Waals surface area contributed by atoms with E-state index in [0.29, 0.717) is 34.8 Å². The number of halogens is 3. The Morgan fingerprint density at radius 3 is 2.70 bits per heavy atom. The first-order chi connectivity index (χ1) is 11.1. The fraction of sp³-hybridized carbons (Fsp3) is 0.133. The lowest BCUT2D eigenvalue weighted by atomic mass is 10.2.